The van der Waals surface area contributed by atoms with E-state index in [2.05, 4.69) is 40.0 Å². The van der Waals surface area contributed by atoms with Crippen LogP contribution in [0.3, 0.4) is 0 Å². The van der Waals surface area contributed by atoms with Crippen LogP contribution in [0, 0.1) is 11.3 Å². The smallest absolute Gasteiger partial charge is 0.232 e. The Labute approximate surface area is 207 Å². The largest absolute Gasteiger partial charge is 0.384 e. The third-order valence-corrected chi connectivity index (χ3v) is 6.94. The number of carbonyl (C=O) groups is 1. The molecule has 3 N–H and O–H groups in total. The molecule has 1 aromatic heterocycles. The first-order valence-corrected chi connectivity index (χ1v) is 12.5. The van der Waals surface area contributed by atoms with Crippen LogP contribution in [0.15, 0.2) is 36.5 Å². The quantitative estimate of drug-likeness (QED) is 0.506. The number of hydrogen-bond acceptors (Lipinski definition) is 6. The fourth-order valence-corrected chi connectivity index (χ4v) is 4.72. The van der Waals surface area contributed by atoms with Crippen LogP contribution in [-0.2, 0) is 14.3 Å². The van der Waals surface area contributed by atoms with E-state index >= 15 is 0 Å². The molecule has 3 heterocycles. The van der Waals surface area contributed by atoms with Crippen molar-refractivity contribution in [2.75, 3.05) is 43.5 Å². The first-order valence-electron chi connectivity index (χ1n) is 12.1. The zero-order valence-corrected chi connectivity index (χ0v) is 21.0. The van der Waals surface area contributed by atoms with E-state index in [9.17, 15) is 4.79 Å². The lowest BCUT2D eigenvalue weighted by atomic mass is 9.82. The molecule has 0 unspecified atom stereocenters. The van der Waals surface area contributed by atoms with E-state index in [4.69, 9.17) is 21.1 Å². The number of rotatable bonds is 8. The summed E-state index contributed by atoms with van der Waals surface area (Å²) in [6.45, 7) is 10.0. The predicted molar refractivity (Wildman–Crippen MR) is 136 cm³/mol. The van der Waals surface area contributed by atoms with Crippen molar-refractivity contribution in [3.05, 3.63) is 41.6 Å². The van der Waals surface area contributed by atoms with Gasteiger partial charge >= 0.3 is 0 Å². The highest BCUT2D eigenvalue weighted by atomic mass is 35.5. The summed E-state index contributed by atoms with van der Waals surface area (Å²) in [4.78, 5) is 17.3. The zero-order chi connectivity index (χ0) is 24.1. The van der Waals surface area contributed by atoms with Gasteiger partial charge in [0.15, 0.2) is 0 Å². The Morgan fingerprint density at radius 2 is 2.09 bits per heavy atom. The van der Waals surface area contributed by atoms with Gasteiger partial charge in [-0.05, 0) is 55.9 Å². The number of nitrogens with one attached hydrogen (secondary N) is 3. The van der Waals surface area contributed by atoms with Crippen LogP contribution in [0.2, 0.25) is 5.02 Å². The summed E-state index contributed by atoms with van der Waals surface area (Å²) in [5, 5.41) is 10.3. The molecule has 0 bridgehead atoms. The molecule has 2 aliphatic heterocycles. The molecule has 4 rings (SSSR count). The molecule has 2 aromatic rings. The minimum absolute atomic E-state index is 0.0652. The Kier molecular flexibility index (Phi) is 8.09. The maximum Gasteiger partial charge on any atom is 0.232 e. The Hall–Kier alpha value is -2.19. The van der Waals surface area contributed by atoms with E-state index in [1.54, 1.807) is 6.20 Å². The minimum Gasteiger partial charge on any atom is -0.384 e. The van der Waals surface area contributed by atoms with Gasteiger partial charge < -0.3 is 25.4 Å². The van der Waals surface area contributed by atoms with E-state index in [0.29, 0.717) is 23.9 Å². The molecule has 1 aromatic carbocycles. The highest BCUT2D eigenvalue weighted by Crippen LogP contribution is 2.33. The fourth-order valence-electron chi connectivity index (χ4n) is 4.51. The van der Waals surface area contributed by atoms with Crippen molar-refractivity contribution in [1.82, 2.24) is 10.3 Å². The van der Waals surface area contributed by atoms with Crippen LogP contribution in [-0.4, -0.2) is 55.9 Å². The Morgan fingerprint density at radius 1 is 1.29 bits per heavy atom. The van der Waals surface area contributed by atoms with Crippen LogP contribution in [0.4, 0.5) is 11.5 Å². The average molecular weight is 487 g/mol. The maximum absolute atomic E-state index is 12.9. The van der Waals surface area contributed by atoms with Crippen LogP contribution in [0.25, 0.3) is 11.1 Å². The van der Waals surface area contributed by atoms with E-state index in [0.717, 1.165) is 49.4 Å². The lowest BCUT2D eigenvalue weighted by molar-refractivity contribution is -0.124. The van der Waals surface area contributed by atoms with Crippen LogP contribution in [0.5, 0.6) is 0 Å². The molecule has 0 aliphatic carbocycles. The molecule has 2 fully saturated rings. The molecule has 0 radical (unpaired) electrons. The molecule has 34 heavy (non-hydrogen) atoms. The molecule has 2 atom stereocenters. The topological polar surface area (TPSA) is 84.5 Å². The number of halogens is 1. The monoisotopic (exact) mass is 486 g/mol. The van der Waals surface area contributed by atoms with Gasteiger partial charge in [-0.25, -0.2) is 4.98 Å². The number of pyridine rings is 1. The van der Waals surface area contributed by atoms with Crippen LogP contribution < -0.4 is 16.0 Å². The SMILES string of the molecule is CC(C)O[C@H]1CNC[C@@H]1C(=O)Nc1cc(-c2cccc(NCC3(C)CCOCC3)c2)c(Cl)cn1. The summed E-state index contributed by atoms with van der Waals surface area (Å²) in [5.41, 5.74) is 3.06. The van der Waals surface area contributed by atoms with Crippen LogP contribution >= 0.6 is 11.6 Å². The van der Waals surface area contributed by atoms with E-state index < -0.39 is 0 Å². The second-order valence-corrected chi connectivity index (χ2v) is 10.3. The van der Waals surface area contributed by atoms with Gasteiger partial charge in [-0.3, -0.25) is 4.79 Å². The van der Waals surface area contributed by atoms with Gasteiger partial charge in [0, 0.05) is 50.3 Å². The number of aromatic nitrogens is 1. The van der Waals surface area contributed by atoms with Crippen molar-refractivity contribution in [3.8, 4) is 11.1 Å². The van der Waals surface area contributed by atoms with Gasteiger partial charge in [-0.15, -0.1) is 0 Å². The lowest BCUT2D eigenvalue weighted by Crippen LogP contribution is -2.35. The normalized spacial score (nSPS) is 22.0. The van der Waals surface area contributed by atoms with Gasteiger partial charge in [-0.1, -0.05) is 30.7 Å². The number of hydrogen-bond donors (Lipinski definition) is 3. The molecule has 184 valence electrons. The fraction of sp³-hybridized carbons (Fsp3) is 0.538. The summed E-state index contributed by atoms with van der Waals surface area (Å²) >= 11 is 6.51. The van der Waals surface area contributed by atoms with Gasteiger partial charge in [0.2, 0.25) is 5.91 Å². The Bertz CT molecular complexity index is 994. The number of amides is 1. The Morgan fingerprint density at radius 3 is 2.85 bits per heavy atom. The van der Waals surface area contributed by atoms with E-state index in [1.807, 2.05) is 32.0 Å². The summed E-state index contributed by atoms with van der Waals surface area (Å²) in [7, 11) is 0. The average Bonchev–Trinajstić information content (AvgIpc) is 3.27. The van der Waals surface area contributed by atoms with Crippen LogP contribution in [0.1, 0.15) is 33.6 Å². The maximum atomic E-state index is 12.9. The van der Waals surface area contributed by atoms with Gasteiger partial charge in [0.1, 0.15) is 5.82 Å². The third kappa shape index (κ3) is 6.27. The van der Waals surface area contributed by atoms with Crippen molar-refractivity contribution in [1.29, 1.82) is 0 Å². The summed E-state index contributed by atoms with van der Waals surface area (Å²) in [5.74, 6) is 0.117. The summed E-state index contributed by atoms with van der Waals surface area (Å²) in [6.07, 6.45) is 3.62. The summed E-state index contributed by atoms with van der Waals surface area (Å²) in [6, 6.07) is 10.0. The minimum atomic E-state index is -0.262. The molecule has 0 spiro atoms. The van der Waals surface area contributed by atoms with Crippen molar-refractivity contribution in [3.63, 3.8) is 0 Å². The van der Waals surface area contributed by atoms with Crippen molar-refractivity contribution in [2.45, 2.75) is 45.8 Å². The number of benzene rings is 1. The highest BCUT2D eigenvalue weighted by molar-refractivity contribution is 6.33. The lowest BCUT2D eigenvalue weighted by Gasteiger charge is -2.34. The summed E-state index contributed by atoms with van der Waals surface area (Å²) < 4.78 is 11.4. The molecule has 0 saturated carbocycles. The second-order valence-electron chi connectivity index (χ2n) is 9.88. The molecule has 8 heteroatoms. The molecular formula is C26H35ClN4O3. The molecular weight excluding hydrogens is 452 g/mol. The number of anilines is 2. The van der Waals surface area contributed by atoms with E-state index in [-0.39, 0.29) is 29.4 Å². The van der Waals surface area contributed by atoms with Crippen molar-refractivity contribution < 1.29 is 14.3 Å². The third-order valence-electron chi connectivity index (χ3n) is 6.64. The first-order chi connectivity index (χ1) is 16.3. The molecule has 2 saturated heterocycles. The van der Waals surface area contributed by atoms with Crippen molar-refractivity contribution >= 4 is 29.0 Å². The van der Waals surface area contributed by atoms with Crippen molar-refractivity contribution in [2.24, 2.45) is 11.3 Å². The highest BCUT2D eigenvalue weighted by Gasteiger charge is 2.34. The van der Waals surface area contributed by atoms with E-state index in [1.165, 1.54) is 0 Å². The molecule has 2 aliphatic rings. The van der Waals surface area contributed by atoms with Gasteiger partial charge in [0.05, 0.1) is 23.1 Å². The van der Waals surface area contributed by atoms with Gasteiger partial charge in [-0.2, -0.15) is 0 Å². The second kappa shape index (κ2) is 11.0. The predicted octanol–water partition coefficient (Wildman–Crippen LogP) is 4.58. The number of carbonyl (C=O) groups excluding carboxylic acids is 1. The molecule has 7 nitrogen and oxygen atoms in total. The van der Waals surface area contributed by atoms with Gasteiger partial charge in [0.25, 0.3) is 0 Å². The standard InChI is InChI=1S/C26H35ClN4O3/c1-17(2)34-23-15-28-13-21(23)25(32)31-24-12-20(22(27)14-29-24)18-5-4-6-19(11-18)30-16-26(3)7-9-33-10-8-26/h4-6,11-12,14,17,21,23,28,30H,7-10,13,15-16H2,1-3H3,(H,29,31,32)/t21-,23-/m0/s1. The first kappa shape index (κ1) is 24.9. The number of ether oxygens (including phenoxy) is 2. The molecule has 1 amide bonds. The Balaban J connectivity index is 1.45. The zero-order valence-electron chi connectivity index (χ0n) is 20.2. The number of nitrogens with zero attached hydrogens (tertiary/aromatic N) is 1.